The van der Waals surface area contributed by atoms with Crippen molar-refractivity contribution >= 4 is 10.8 Å². The lowest BCUT2D eigenvalue weighted by atomic mass is 10.1. The Hall–Kier alpha value is -3.58. The van der Waals surface area contributed by atoms with Crippen LogP contribution in [-0.4, -0.2) is 4.98 Å². The largest absolute Gasteiger partial charge is 0.256 e. The van der Waals surface area contributed by atoms with E-state index in [2.05, 4.69) is 16.8 Å². The summed E-state index contributed by atoms with van der Waals surface area (Å²) in [6, 6.07) is 15.8. The molecule has 0 spiro atoms. The van der Waals surface area contributed by atoms with Crippen LogP contribution in [0.3, 0.4) is 0 Å². The summed E-state index contributed by atoms with van der Waals surface area (Å²) in [6.45, 7) is 1.94. The molecule has 4 rings (SSSR count). The highest BCUT2D eigenvalue weighted by molar-refractivity contribution is 5.84. The molecule has 4 heteroatoms. The van der Waals surface area contributed by atoms with Gasteiger partial charge in [-0.05, 0) is 65.7 Å². The van der Waals surface area contributed by atoms with Crippen molar-refractivity contribution in [3.05, 3.63) is 101 Å². The van der Waals surface area contributed by atoms with Crippen molar-refractivity contribution in [2.75, 3.05) is 0 Å². The monoisotopic (exact) mass is 373 g/mol. The van der Waals surface area contributed by atoms with Crippen molar-refractivity contribution < 1.29 is 13.2 Å². The van der Waals surface area contributed by atoms with Crippen LogP contribution in [0.15, 0.2) is 66.9 Å². The SMILES string of the molecule is Cc1ccc(-c2ccc(C#Cc3ccc4cc(F)c(F)cc4c3)c(F)c2)nc1. The van der Waals surface area contributed by atoms with E-state index in [0.29, 0.717) is 27.6 Å². The third-order valence-electron chi connectivity index (χ3n) is 4.40. The average molecular weight is 373 g/mol. The smallest absolute Gasteiger partial charge is 0.159 e. The lowest BCUT2D eigenvalue weighted by molar-refractivity contribution is 0.511. The number of fused-ring (bicyclic) bond motifs is 1. The number of hydrogen-bond acceptors (Lipinski definition) is 1. The molecular formula is C24H14F3N. The molecule has 0 amide bonds. The van der Waals surface area contributed by atoms with Crippen LogP contribution < -0.4 is 0 Å². The minimum Gasteiger partial charge on any atom is -0.256 e. The Labute approximate surface area is 160 Å². The van der Waals surface area contributed by atoms with E-state index < -0.39 is 17.5 Å². The van der Waals surface area contributed by atoms with Crippen molar-refractivity contribution in [2.45, 2.75) is 6.92 Å². The van der Waals surface area contributed by atoms with Crippen LogP contribution in [0.5, 0.6) is 0 Å². The van der Waals surface area contributed by atoms with Crippen LogP contribution in [0.4, 0.5) is 13.2 Å². The third-order valence-corrected chi connectivity index (χ3v) is 4.40. The first-order chi connectivity index (χ1) is 13.5. The molecule has 0 aliphatic heterocycles. The van der Waals surface area contributed by atoms with Gasteiger partial charge in [0.25, 0.3) is 0 Å². The molecule has 136 valence electrons. The van der Waals surface area contributed by atoms with Crippen molar-refractivity contribution in [1.29, 1.82) is 0 Å². The summed E-state index contributed by atoms with van der Waals surface area (Å²) in [5.41, 5.74) is 3.23. The van der Waals surface area contributed by atoms with E-state index >= 15 is 0 Å². The topological polar surface area (TPSA) is 12.9 Å². The molecule has 0 saturated carbocycles. The van der Waals surface area contributed by atoms with Gasteiger partial charge in [0.2, 0.25) is 0 Å². The predicted molar refractivity (Wildman–Crippen MR) is 104 cm³/mol. The summed E-state index contributed by atoms with van der Waals surface area (Å²) in [4.78, 5) is 4.30. The number of halogens is 3. The lowest BCUT2D eigenvalue weighted by Gasteiger charge is -2.03. The molecule has 3 aromatic carbocycles. The molecule has 0 saturated heterocycles. The van der Waals surface area contributed by atoms with Crippen molar-refractivity contribution in [1.82, 2.24) is 4.98 Å². The second-order valence-electron chi connectivity index (χ2n) is 6.49. The Morgan fingerprint density at radius 2 is 1.50 bits per heavy atom. The normalized spacial score (nSPS) is 10.6. The Kier molecular flexibility index (Phi) is 4.58. The number of hydrogen-bond donors (Lipinski definition) is 0. The molecule has 1 nitrogen and oxygen atoms in total. The standard InChI is InChI=1S/C24H14F3N/c1-15-2-9-24(28-14-15)19-8-7-17(21(25)12-19)5-3-16-4-6-18-11-22(26)23(27)13-20(18)10-16/h2,4,6-14H,1H3. The summed E-state index contributed by atoms with van der Waals surface area (Å²) in [6.07, 6.45) is 1.73. The van der Waals surface area contributed by atoms with E-state index in [1.165, 1.54) is 6.07 Å². The zero-order valence-corrected chi connectivity index (χ0v) is 14.9. The molecule has 28 heavy (non-hydrogen) atoms. The van der Waals surface area contributed by atoms with E-state index in [-0.39, 0.29) is 5.56 Å². The van der Waals surface area contributed by atoms with Crippen molar-refractivity contribution in [3.8, 4) is 23.1 Å². The zero-order valence-electron chi connectivity index (χ0n) is 14.9. The number of benzene rings is 3. The fraction of sp³-hybridized carbons (Fsp3) is 0.0417. The number of aromatic nitrogens is 1. The van der Waals surface area contributed by atoms with Gasteiger partial charge in [-0.2, -0.15) is 0 Å². The molecule has 0 unspecified atom stereocenters. The van der Waals surface area contributed by atoms with Gasteiger partial charge in [0.1, 0.15) is 5.82 Å². The molecule has 0 N–H and O–H groups in total. The molecule has 0 atom stereocenters. The van der Waals surface area contributed by atoms with Gasteiger partial charge in [0, 0.05) is 17.3 Å². The van der Waals surface area contributed by atoms with E-state index in [4.69, 9.17) is 0 Å². The number of nitrogens with zero attached hydrogens (tertiary/aromatic N) is 1. The van der Waals surface area contributed by atoms with E-state index in [0.717, 1.165) is 17.7 Å². The van der Waals surface area contributed by atoms with Gasteiger partial charge in [-0.15, -0.1) is 0 Å². The number of aryl methyl sites for hydroxylation is 1. The second-order valence-corrected chi connectivity index (χ2v) is 6.49. The maximum Gasteiger partial charge on any atom is 0.159 e. The molecule has 1 heterocycles. The maximum absolute atomic E-state index is 14.4. The fourth-order valence-electron chi connectivity index (χ4n) is 2.87. The Morgan fingerprint density at radius 1 is 0.714 bits per heavy atom. The van der Waals surface area contributed by atoms with Crippen LogP contribution in [0.25, 0.3) is 22.0 Å². The minimum atomic E-state index is -0.913. The second kappa shape index (κ2) is 7.21. The molecular weight excluding hydrogens is 359 g/mol. The van der Waals surface area contributed by atoms with Gasteiger partial charge in [0.05, 0.1) is 11.3 Å². The fourth-order valence-corrected chi connectivity index (χ4v) is 2.87. The summed E-state index contributed by atoms with van der Waals surface area (Å²) in [5, 5.41) is 1.11. The molecule has 4 aromatic rings. The summed E-state index contributed by atoms with van der Waals surface area (Å²) in [5.74, 6) is 3.42. The molecule has 0 bridgehead atoms. The van der Waals surface area contributed by atoms with Gasteiger partial charge in [-0.3, -0.25) is 4.98 Å². The highest BCUT2D eigenvalue weighted by Gasteiger charge is 2.06. The van der Waals surface area contributed by atoms with Gasteiger partial charge in [0.15, 0.2) is 11.6 Å². The van der Waals surface area contributed by atoms with E-state index in [1.54, 1.807) is 36.5 Å². The Bertz CT molecular complexity index is 1250. The number of rotatable bonds is 1. The predicted octanol–water partition coefficient (Wildman–Crippen LogP) is 6.03. The molecule has 0 fully saturated rings. The highest BCUT2D eigenvalue weighted by atomic mass is 19.2. The van der Waals surface area contributed by atoms with Crippen LogP contribution >= 0.6 is 0 Å². The molecule has 0 aliphatic rings. The average Bonchev–Trinajstić information content (AvgIpc) is 2.68. The summed E-state index contributed by atoms with van der Waals surface area (Å²) < 4.78 is 41.2. The molecule has 1 aromatic heterocycles. The first kappa shape index (κ1) is 17.8. The molecule has 0 radical (unpaired) electrons. The quantitative estimate of drug-likeness (QED) is 0.371. The Balaban J connectivity index is 1.65. The highest BCUT2D eigenvalue weighted by Crippen LogP contribution is 2.21. The van der Waals surface area contributed by atoms with Crippen molar-refractivity contribution in [2.24, 2.45) is 0 Å². The first-order valence-electron chi connectivity index (χ1n) is 8.63. The van der Waals surface area contributed by atoms with Crippen LogP contribution in [0.1, 0.15) is 16.7 Å². The summed E-state index contributed by atoms with van der Waals surface area (Å²) in [7, 11) is 0. The van der Waals surface area contributed by atoms with Crippen LogP contribution in [0.2, 0.25) is 0 Å². The van der Waals surface area contributed by atoms with Gasteiger partial charge in [-0.25, -0.2) is 13.2 Å². The molecule has 0 aliphatic carbocycles. The van der Waals surface area contributed by atoms with Crippen LogP contribution in [0, 0.1) is 36.2 Å². The van der Waals surface area contributed by atoms with Crippen LogP contribution in [-0.2, 0) is 0 Å². The van der Waals surface area contributed by atoms with E-state index in [1.807, 2.05) is 19.1 Å². The number of pyridine rings is 1. The zero-order chi connectivity index (χ0) is 19.7. The summed E-state index contributed by atoms with van der Waals surface area (Å²) >= 11 is 0. The minimum absolute atomic E-state index is 0.251. The van der Waals surface area contributed by atoms with E-state index in [9.17, 15) is 13.2 Å². The lowest BCUT2D eigenvalue weighted by Crippen LogP contribution is -1.89. The first-order valence-corrected chi connectivity index (χ1v) is 8.63. The van der Waals surface area contributed by atoms with Crippen molar-refractivity contribution in [3.63, 3.8) is 0 Å². The Morgan fingerprint density at radius 3 is 2.21 bits per heavy atom. The maximum atomic E-state index is 14.4. The van der Waals surface area contributed by atoms with Gasteiger partial charge < -0.3 is 0 Å². The van der Waals surface area contributed by atoms with Gasteiger partial charge in [-0.1, -0.05) is 30.0 Å². The van der Waals surface area contributed by atoms with Gasteiger partial charge >= 0.3 is 0 Å². The third kappa shape index (κ3) is 3.60.